The fraction of sp³-hybridized carbons (Fsp3) is 0.318. The van der Waals surface area contributed by atoms with E-state index < -0.39 is 5.91 Å². The predicted octanol–water partition coefficient (Wildman–Crippen LogP) is 2.19. The SMILES string of the molecule is CCNC(=NCc1ccc(C(=O)NCC(N)=O)cc1)NCc1ccc(C)cc1SC. The summed E-state index contributed by atoms with van der Waals surface area (Å²) in [6, 6.07) is 13.5. The molecule has 0 radical (unpaired) electrons. The van der Waals surface area contributed by atoms with E-state index in [-0.39, 0.29) is 12.5 Å². The van der Waals surface area contributed by atoms with Gasteiger partial charge in [0.1, 0.15) is 0 Å². The van der Waals surface area contributed by atoms with Crippen molar-refractivity contribution in [3.8, 4) is 0 Å². The van der Waals surface area contributed by atoms with Crippen molar-refractivity contribution in [2.75, 3.05) is 19.3 Å². The molecule has 0 bridgehead atoms. The number of aliphatic imine (C=N–C) groups is 1. The summed E-state index contributed by atoms with van der Waals surface area (Å²) in [5.41, 5.74) is 8.95. The Balaban J connectivity index is 1.99. The fourth-order valence-corrected chi connectivity index (χ4v) is 3.43. The summed E-state index contributed by atoms with van der Waals surface area (Å²) in [5, 5.41) is 9.10. The van der Waals surface area contributed by atoms with Crippen molar-refractivity contribution >= 4 is 29.5 Å². The summed E-state index contributed by atoms with van der Waals surface area (Å²) in [4.78, 5) is 28.6. The Kier molecular flexibility index (Phi) is 9.21. The van der Waals surface area contributed by atoms with Gasteiger partial charge < -0.3 is 21.7 Å². The molecule has 2 aromatic carbocycles. The molecule has 0 atom stereocenters. The Bertz CT molecular complexity index is 897. The fourth-order valence-electron chi connectivity index (χ4n) is 2.72. The van der Waals surface area contributed by atoms with Crippen molar-refractivity contribution in [3.05, 3.63) is 64.7 Å². The first-order valence-corrected chi connectivity index (χ1v) is 11.0. The molecule has 0 aromatic heterocycles. The molecule has 2 rings (SSSR count). The lowest BCUT2D eigenvalue weighted by atomic mass is 10.1. The number of aryl methyl sites for hydroxylation is 1. The van der Waals surface area contributed by atoms with Gasteiger partial charge in [0, 0.05) is 23.5 Å². The second kappa shape index (κ2) is 11.9. The van der Waals surface area contributed by atoms with Crippen LogP contribution in [-0.4, -0.2) is 37.1 Å². The van der Waals surface area contributed by atoms with Crippen LogP contribution in [0.4, 0.5) is 0 Å². The maximum Gasteiger partial charge on any atom is 0.251 e. The lowest BCUT2D eigenvalue weighted by Crippen LogP contribution is -2.36. The molecule has 0 fully saturated rings. The molecular weight excluding hydrogens is 398 g/mol. The van der Waals surface area contributed by atoms with Gasteiger partial charge in [0.15, 0.2) is 5.96 Å². The van der Waals surface area contributed by atoms with Gasteiger partial charge in [-0.3, -0.25) is 9.59 Å². The molecule has 8 heteroatoms. The summed E-state index contributed by atoms with van der Waals surface area (Å²) in [6.07, 6.45) is 2.08. The molecule has 0 aliphatic heterocycles. The zero-order chi connectivity index (χ0) is 21.9. The van der Waals surface area contributed by atoms with Crippen molar-refractivity contribution in [1.82, 2.24) is 16.0 Å². The zero-order valence-electron chi connectivity index (χ0n) is 17.6. The quantitative estimate of drug-likeness (QED) is 0.279. The van der Waals surface area contributed by atoms with Gasteiger partial charge in [-0.2, -0.15) is 0 Å². The number of amides is 2. The largest absolute Gasteiger partial charge is 0.368 e. The third-order valence-corrected chi connectivity index (χ3v) is 5.11. The van der Waals surface area contributed by atoms with E-state index in [1.54, 1.807) is 23.9 Å². The monoisotopic (exact) mass is 427 g/mol. The van der Waals surface area contributed by atoms with Crippen molar-refractivity contribution < 1.29 is 9.59 Å². The average Bonchev–Trinajstić information content (AvgIpc) is 2.74. The molecule has 0 aliphatic rings. The van der Waals surface area contributed by atoms with Crippen LogP contribution in [0.5, 0.6) is 0 Å². The van der Waals surface area contributed by atoms with E-state index in [0.717, 1.165) is 18.1 Å². The van der Waals surface area contributed by atoms with Crippen LogP contribution >= 0.6 is 11.8 Å². The van der Waals surface area contributed by atoms with E-state index in [1.165, 1.54) is 16.0 Å². The molecule has 0 aliphatic carbocycles. The molecule has 0 unspecified atom stereocenters. The van der Waals surface area contributed by atoms with E-state index in [9.17, 15) is 9.59 Å². The molecule has 0 heterocycles. The molecular formula is C22H29N5O2S. The van der Waals surface area contributed by atoms with E-state index in [2.05, 4.69) is 52.3 Å². The first-order valence-electron chi connectivity index (χ1n) is 9.74. The third kappa shape index (κ3) is 7.44. The standard InChI is InChI=1S/C22H29N5O2S/c1-4-24-22(27-13-18-8-5-15(2)11-19(18)30-3)26-12-16-6-9-17(10-7-16)21(29)25-14-20(23)28/h5-11H,4,12-14H2,1-3H3,(H2,23,28)(H,25,29)(H2,24,26,27). The second-order valence-corrected chi connectivity index (χ2v) is 7.56. The van der Waals surface area contributed by atoms with E-state index in [0.29, 0.717) is 18.7 Å². The number of hydrogen-bond acceptors (Lipinski definition) is 4. The highest BCUT2D eigenvalue weighted by Gasteiger charge is 2.07. The zero-order valence-corrected chi connectivity index (χ0v) is 18.4. The molecule has 0 saturated heterocycles. The minimum atomic E-state index is -0.576. The number of benzene rings is 2. The van der Waals surface area contributed by atoms with Crippen LogP contribution in [0.2, 0.25) is 0 Å². The Morgan fingerprint density at radius 3 is 2.43 bits per heavy atom. The number of primary amides is 1. The van der Waals surface area contributed by atoms with Crippen LogP contribution in [0.25, 0.3) is 0 Å². The van der Waals surface area contributed by atoms with Gasteiger partial charge in [0.25, 0.3) is 5.91 Å². The van der Waals surface area contributed by atoms with Gasteiger partial charge in [0.2, 0.25) is 5.91 Å². The van der Waals surface area contributed by atoms with Gasteiger partial charge in [-0.05, 0) is 55.0 Å². The van der Waals surface area contributed by atoms with Gasteiger partial charge in [0.05, 0.1) is 13.1 Å². The number of thioether (sulfide) groups is 1. The van der Waals surface area contributed by atoms with E-state index in [4.69, 9.17) is 5.73 Å². The lowest BCUT2D eigenvalue weighted by Gasteiger charge is -2.14. The third-order valence-electron chi connectivity index (χ3n) is 4.29. The summed E-state index contributed by atoms with van der Waals surface area (Å²) in [7, 11) is 0. The number of hydrogen-bond donors (Lipinski definition) is 4. The highest BCUT2D eigenvalue weighted by molar-refractivity contribution is 7.98. The molecule has 2 amide bonds. The molecule has 30 heavy (non-hydrogen) atoms. The van der Waals surface area contributed by atoms with E-state index >= 15 is 0 Å². The minimum absolute atomic E-state index is 0.179. The Morgan fingerprint density at radius 2 is 1.80 bits per heavy atom. The van der Waals surface area contributed by atoms with Crippen LogP contribution < -0.4 is 21.7 Å². The van der Waals surface area contributed by atoms with Gasteiger partial charge in [-0.15, -0.1) is 11.8 Å². The number of carbonyl (C=O) groups is 2. The summed E-state index contributed by atoms with van der Waals surface area (Å²) in [5.74, 6) is -0.178. The molecule has 160 valence electrons. The van der Waals surface area contributed by atoms with Crippen LogP contribution in [0.3, 0.4) is 0 Å². The molecule has 5 N–H and O–H groups in total. The number of carbonyl (C=O) groups excluding carboxylic acids is 2. The number of rotatable bonds is 9. The van der Waals surface area contributed by atoms with Crippen molar-refractivity contribution in [1.29, 1.82) is 0 Å². The van der Waals surface area contributed by atoms with Gasteiger partial charge >= 0.3 is 0 Å². The lowest BCUT2D eigenvalue weighted by molar-refractivity contribution is -0.117. The minimum Gasteiger partial charge on any atom is -0.368 e. The first-order chi connectivity index (χ1) is 14.4. The topological polar surface area (TPSA) is 109 Å². The Hall–Kier alpha value is -3.00. The van der Waals surface area contributed by atoms with Crippen LogP contribution in [0.1, 0.15) is 34.0 Å². The number of nitrogens with two attached hydrogens (primary N) is 1. The normalized spacial score (nSPS) is 11.1. The van der Waals surface area contributed by atoms with Gasteiger partial charge in [-0.25, -0.2) is 4.99 Å². The van der Waals surface area contributed by atoms with Crippen molar-refractivity contribution in [3.63, 3.8) is 0 Å². The second-order valence-electron chi connectivity index (χ2n) is 6.71. The molecule has 0 spiro atoms. The Labute approximate surface area is 181 Å². The smallest absolute Gasteiger partial charge is 0.251 e. The summed E-state index contributed by atoms with van der Waals surface area (Å²) >= 11 is 1.73. The average molecular weight is 428 g/mol. The Morgan fingerprint density at radius 1 is 1.07 bits per heavy atom. The molecule has 2 aromatic rings. The molecule has 7 nitrogen and oxygen atoms in total. The van der Waals surface area contributed by atoms with Crippen molar-refractivity contribution in [2.45, 2.75) is 31.8 Å². The van der Waals surface area contributed by atoms with Crippen LogP contribution in [0.15, 0.2) is 52.4 Å². The van der Waals surface area contributed by atoms with Crippen LogP contribution in [0, 0.1) is 6.92 Å². The highest BCUT2D eigenvalue weighted by atomic mass is 32.2. The number of nitrogens with one attached hydrogen (secondary N) is 3. The number of guanidine groups is 1. The van der Waals surface area contributed by atoms with Crippen LogP contribution in [-0.2, 0) is 17.9 Å². The summed E-state index contributed by atoms with van der Waals surface area (Å²) in [6.45, 7) is 5.85. The summed E-state index contributed by atoms with van der Waals surface area (Å²) < 4.78 is 0. The molecule has 0 saturated carbocycles. The maximum atomic E-state index is 11.9. The highest BCUT2D eigenvalue weighted by Crippen LogP contribution is 2.21. The van der Waals surface area contributed by atoms with Crippen molar-refractivity contribution in [2.24, 2.45) is 10.7 Å². The number of nitrogens with zero attached hydrogens (tertiary/aromatic N) is 1. The van der Waals surface area contributed by atoms with E-state index in [1.807, 2.05) is 19.1 Å². The van der Waals surface area contributed by atoms with Gasteiger partial charge in [-0.1, -0.05) is 24.3 Å². The predicted molar refractivity (Wildman–Crippen MR) is 123 cm³/mol. The maximum absolute atomic E-state index is 11.9. The first kappa shape index (κ1) is 23.3.